The van der Waals surface area contributed by atoms with Crippen LogP contribution in [0.5, 0.6) is 0 Å². The maximum atomic E-state index is 12.8. The fourth-order valence-corrected chi connectivity index (χ4v) is 3.40. The van der Waals surface area contributed by atoms with E-state index >= 15 is 0 Å². The summed E-state index contributed by atoms with van der Waals surface area (Å²) in [5.41, 5.74) is 4.72. The molecule has 0 saturated heterocycles. The lowest BCUT2D eigenvalue weighted by Crippen LogP contribution is -2.37. The van der Waals surface area contributed by atoms with Gasteiger partial charge in [-0.3, -0.25) is 19.4 Å². The molecule has 8 heteroatoms. The van der Waals surface area contributed by atoms with Gasteiger partial charge >= 0.3 is 5.97 Å². The van der Waals surface area contributed by atoms with Crippen LogP contribution in [0.3, 0.4) is 0 Å². The van der Waals surface area contributed by atoms with Gasteiger partial charge in [-0.1, -0.05) is 30.3 Å². The lowest BCUT2D eigenvalue weighted by atomic mass is 10.0. The van der Waals surface area contributed by atoms with Crippen LogP contribution in [-0.2, 0) is 18.3 Å². The van der Waals surface area contributed by atoms with Crippen LogP contribution in [0.4, 0.5) is 0 Å². The third-order valence-corrected chi connectivity index (χ3v) is 4.95. The Bertz CT molecular complexity index is 1010. The number of hydrogen-bond donors (Lipinski definition) is 3. The molecule has 1 aromatic carbocycles. The Morgan fingerprint density at radius 2 is 1.97 bits per heavy atom. The second-order valence-corrected chi connectivity index (χ2v) is 7.13. The molecule has 0 aliphatic rings. The number of carboxylic acid groups (broad SMARTS) is 1. The van der Waals surface area contributed by atoms with Gasteiger partial charge in [0.2, 0.25) is 0 Å². The molecule has 0 saturated carbocycles. The fraction of sp³-hybridized carbons (Fsp3) is 0.333. The van der Waals surface area contributed by atoms with E-state index in [1.807, 2.05) is 51.2 Å². The standard InChI is InChI=1S/C21H25N5O3/c1-13-20(14(2)26(3)25-13)17-12-18(24-23-17)21(29)22-16(9-10-19(27)28)11-15-7-5-4-6-8-15/h4-8,12,16H,9-11H2,1-3H3,(H,22,29)(H,23,24)(H,27,28). The molecule has 1 unspecified atom stereocenters. The average Bonchev–Trinajstić information content (AvgIpc) is 3.25. The van der Waals surface area contributed by atoms with Gasteiger partial charge in [0.1, 0.15) is 5.69 Å². The van der Waals surface area contributed by atoms with Crippen molar-refractivity contribution >= 4 is 11.9 Å². The largest absolute Gasteiger partial charge is 0.481 e. The molecule has 1 amide bonds. The SMILES string of the molecule is Cc1nn(C)c(C)c1-c1cc(C(=O)NC(CCC(=O)O)Cc2ccccc2)[nH]n1. The second-order valence-electron chi connectivity index (χ2n) is 7.13. The Balaban J connectivity index is 1.75. The van der Waals surface area contributed by atoms with E-state index in [0.717, 1.165) is 22.5 Å². The number of amides is 1. The summed E-state index contributed by atoms with van der Waals surface area (Å²) in [7, 11) is 1.86. The van der Waals surface area contributed by atoms with Gasteiger partial charge in [0.15, 0.2) is 0 Å². The summed E-state index contributed by atoms with van der Waals surface area (Å²) in [5.74, 6) is -1.20. The number of carbonyl (C=O) groups excluding carboxylic acids is 1. The molecule has 0 aliphatic carbocycles. The van der Waals surface area contributed by atoms with Gasteiger partial charge in [-0.2, -0.15) is 10.2 Å². The van der Waals surface area contributed by atoms with Crippen LogP contribution in [-0.4, -0.2) is 43.0 Å². The molecule has 3 N–H and O–H groups in total. The number of aliphatic carboxylic acids is 1. The maximum absolute atomic E-state index is 12.8. The highest BCUT2D eigenvalue weighted by molar-refractivity contribution is 5.93. The van der Waals surface area contributed by atoms with E-state index < -0.39 is 5.97 Å². The first-order valence-corrected chi connectivity index (χ1v) is 9.47. The molecular weight excluding hydrogens is 370 g/mol. The Labute approximate surface area is 169 Å². The summed E-state index contributed by atoms with van der Waals surface area (Å²) >= 11 is 0. The third-order valence-electron chi connectivity index (χ3n) is 4.95. The zero-order valence-corrected chi connectivity index (χ0v) is 16.8. The molecule has 8 nitrogen and oxygen atoms in total. The lowest BCUT2D eigenvalue weighted by molar-refractivity contribution is -0.137. The molecule has 2 heterocycles. The van der Waals surface area contributed by atoms with Crippen molar-refractivity contribution in [3.8, 4) is 11.3 Å². The molecule has 152 valence electrons. The highest BCUT2D eigenvalue weighted by Crippen LogP contribution is 2.25. The Morgan fingerprint density at radius 1 is 1.24 bits per heavy atom. The first-order chi connectivity index (χ1) is 13.8. The smallest absolute Gasteiger partial charge is 0.303 e. The van der Waals surface area contributed by atoms with Crippen LogP contribution < -0.4 is 5.32 Å². The number of hydrogen-bond acceptors (Lipinski definition) is 4. The number of nitrogens with one attached hydrogen (secondary N) is 2. The van der Waals surface area contributed by atoms with Gasteiger partial charge in [-0.15, -0.1) is 0 Å². The first kappa shape index (κ1) is 20.3. The summed E-state index contributed by atoms with van der Waals surface area (Å²) in [6, 6.07) is 11.1. The lowest BCUT2D eigenvalue weighted by Gasteiger charge is -2.17. The number of carboxylic acids is 1. The van der Waals surface area contributed by atoms with Gasteiger partial charge in [0, 0.05) is 30.8 Å². The van der Waals surface area contributed by atoms with E-state index in [9.17, 15) is 9.59 Å². The zero-order chi connectivity index (χ0) is 21.0. The van der Waals surface area contributed by atoms with Gasteiger partial charge in [0.25, 0.3) is 5.91 Å². The van der Waals surface area contributed by atoms with E-state index in [2.05, 4.69) is 20.6 Å². The van der Waals surface area contributed by atoms with Crippen LogP contribution in [0.25, 0.3) is 11.3 Å². The molecule has 2 aromatic heterocycles. The number of aryl methyl sites for hydroxylation is 2. The summed E-state index contributed by atoms with van der Waals surface area (Å²) in [6.45, 7) is 3.85. The first-order valence-electron chi connectivity index (χ1n) is 9.47. The van der Waals surface area contributed by atoms with Crippen molar-refractivity contribution in [1.82, 2.24) is 25.3 Å². The minimum Gasteiger partial charge on any atom is -0.481 e. The van der Waals surface area contributed by atoms with E-state index in [1.165, 1.54) is 0 Å². The van der Waals surface area contributed by atoms with Crippen molar-refractivity contribution in [3.05, 3.63) is 59.0 Å². The number of H-pyrrole nitrogens is 1. The van der Waals surface area contributed by atoms with E-state index in [0.29, 0.717) is 24.2 Å². The normalized spacial score (nSPS) is 12.0. The predicted molar refractivity (Wildman–Crippen MR) is 109 cm³/mol. The Morgan fingerprint density at radius 3 is 2.59 bits per heavy atom. The van der Waals surface area contributed by atoms with Crippen LogP contribution in [0.15, 0.2) is 36.4 Å². The van der Waals surface area contributed by atoms with Crippen LogP contribution in [0.2, 0.25) is 0 Å². The Hall–Kier alpha value is -3.42. The molecule has 1 atom stereocenters. The van der Waals surface area contributed by atoms with Crippen LogP contribution in [0, 0.1) is 13.8 Å². The number of carbonyl (C=O) groups is 2. The maximum Gasteiger partial charge on any atom is 0.303 e. The predicted octanol–water partition coefficient (Wildman–Crippen LogP) is 2.63. The third kappa shape index (κ3) is 4.90. The molecule has 0 aliphatic heterocycles. The van der Waals surface area contributed by atoms with Crippen LogP contribution >= 0.6 is 0 Å². The fourth-order valence-electron chi connectivity index (χ4n) is 3.40. The topological polar surface area (TPSA) is 113 Å². The van der Waals surface area contributed by atoms with Crippen molar-refractivity contribution in [2.24, 2.45) is 7.05 Å². The van der Waals surface area contributed by atoms with E-state index in [1.54, 1.807) is 10.7 Å². The monoisotopic (exact) mass is 395 g/mol. The molecule has 29 heavy (non-hydrogen) atoms. The number of rotatable bonds is 8. The number of benzene rings is 1. The van der Waals surface area contributed by atoms with Gasteiger partial charge < -0.3 is 10.4 Å². The average molecular weight is 395 g/mol. The number of nitrogens with zero attached hydrogens (tertiary/aromatic N) is 3. The molecule has 0 spiro atoms. The molecule has 3 rings (SSSR count). The molecular formula is C21H25N5O3. The minimum atomic E-state index is -0.885. The molecule has 0 bridgehead atoms. The Kier molecular flexibility index (Phi) is 6.11. The van der Waals surface area contributed by atoms with Crippen molar-refractivity contribution in [3.63, 3.8) is 0 Å². The quantitative estimate of drug-likeness (QED) is 0.543. The second kappa shape index (κ2) is 8.72. The van der Waals surface area contributed by atoms with Crippen molar-refractivity contribution in [2.45, 2.75) is 39.2 Å². The summed E-state index contributed by atoms with van der Waals surface area (Å²) in [6.07, 6.45) is 0.888. The molecule has 3 aromatic rings. The number of aromatic nitrogens is 4. The van der Waals surface area contributed by atoms with E-state index in [-0.39, 0.29) is 18.4 Å². The molecule has 0 radical (unpaired) electrons. The van der Waals surface area contributed by atoms with Crippen molar-refractivity contribution in [2.75, 3.05) is 0 Å². The highest BCUT2D eigenvalue weighted by Gasteiger charge is 2.20. The highest BCUT2D eigenvalue weighted by atomic mass is 16.4. The zero-order valence-electron chi connectivity index (χ0n) is 16.8. The van der Waals surface area contributed by atoms with Gasteiger partial charge in [-0.05, 0) is 38.3 Å². The molecule has 0 fully saturated rings. The van der Waals surface area contributed by atoms with Crippen LogP contribution in [0.1, 0.15) is 40.3 Å². The van der Waals surface area contributed by atoms with Crippen molar-refractivity contribution < 1.29 is 14.7 Å². The van der Waals surface area contributed by atoms with Gasteiger partial charge in [0.05, 0.1) is 11.4 Å². The summed E-state index contributed by atoms with van der Waals surface area (Å²) in [4.78, 5) is 23.8. The minimum absolute atomic E-state index is 0.0138. The van der Waals surface area contributed by atoms with E-state index in [4.69, 9.17) is 5.11 Å². The summed E-state index contributed by atoms with van der Waals surface area (Å²) < 4.78 is 1.78. The summed E-state index contributed by atoms with van der Waals surface area (Å²) in [5, 5.41) is 23.4. The van der Waals surface area contributed by atoms with Gasteiger partial charge in [-0.25, -0.2) is 0 Å². The van der Waals surface area contributed by atoms with Crippen molar-refractivity contribution in [1.29, 1.82) is 0 Å². The number of aromatic amines is 1.